The number of aromatic amines is 1. The smallest absolute Gasteiger partial charge is 0.323 e. The summed E-state index contributed by atoms with van der Waals surface area (Å²) < 4.78 is 15.9. The van der Waals surface area contributed by atoms with E-state index in [1.807, 2.05) is 30.3 Å². The third kappa shape index (κ3) is 4.03. The maximum Gasteiger partial charge on any atom is 0.323 e. The molecule has 2 amide bonds. The molecular formula is C22H24N4O4. The molecule has 0 saturated heterocycles. The third-order valence-corrected chi connectivity index (χ3v) is 5.00. The molecule has 1 fully saturated rings. The van der Waals surface area contributed by atoms with Crippen molar-refractivity contribution in [1.82, 2.24) is 10.2 Å². The Hall–Kier alpha value is -3.68. The van der Waals surface area contributed by atoms with Crippen molar-refractivity contribution in [2.24, 2.45) is 0 Å². The average molecular weight is 408 g/mol. The van der Waals surface area contributed by atoms with E-state index in [1.165, 1.54) is 0 Å². The molecule has 1 saturated carbocycles. The van der Waals surface area contributed by atoms with Gasteiger partial charge in [-0.25, -0.2) is 4.79 Å². The van der Waals surface area contributed by atoms with Crippen LogP contribution in [-0.4, -0.2) is 37.6 Å². The second kappa shape index (κ2) is 8.36. The van der Waals surface area contributed by atoms with E-state index in [2.05, 4.69) is 20.8 Å². The van der Waals surface area contributed by atoms with E-state index in [-0.39, 0.29) is 6.03 Å². The number of carbonyl (C=O) groups excluding carboxylic acids is 1. The number of rotatable bonds is 7. The molecule has 0 bridgehead atoms. The predicted octanol–water partition coefficient (Wildman–Crippen LogP) is 4.62. The van der Waals surface area contributed by atoms with Gasteiger partial charge in [0.2, 0.25) is 0 Å². The van der Waals surface area contributed by atoms with Gasteiger partial charge < -0.3 is 24.8 Å². The molecule has 0 spiro atoms. The summed E-state index contributed by atoms with van der Waals surface area (Å²) in [6.45, 7) is 0. The largest absolute Gasteiger partial charge is 0.497 e. The molecule has 0 aliphatic heterocycles. The third-order valence-electron chi connectivity index (χ3n) is 5.00. The lowest BCUT2D eigenvalue weighted by Gasteiger charge is -2.12. The number of H-pyrrole nitrogens is 1. The van der Waals surface area contributed by atoms with Gasteiger partial charge in [0.05, 0.1) is 32.7 Å². The molecule has 3 N–H and O–H groups in total. The zero-order valence-electron chi connectivity index (χ0n) is 17.1. The second-order valence-corrected chi connectivity index (χ2v) is 7.02. The van der Waals surface area contributed by atoms with E-state index in [9.17, 15) is 4.79 Å². The minimum atomic E-state index is -0.353. The highest BCUT2D eigenvalue weighted by Crippen LogP contribution is 2.45. The minimum Gasteiger partial charge on any atom is -0.497 e. The number of nitrogens with one attached hydrogen (secondary N) is 3. The zero-order valence-corrected chi connectivity index (χ0v) is 17.1. The van der Waals surface area contributed by atoms with Crippen LogP contribution < -0.4 is 24.8 Å². The van der Waals surface area contributed by atoms with Crippen LogP contribution in [0.2, 0.25) is 0 Å². The monoisotopic (exact) mass is 408 g/mol. The topological polar surface area (TPSA) is 97.5 Å². The van der Waals surface area contributed by atoms with E-state index in [4.69, 9.17) is 14.2 Å². The minimum absolute atomic E-state index is 0.353. The van der Waals surface area contributed by atoms with Crippen LogP contribution in [0, 0.1) is 0 Å². The summed E-state index contributed by atoms with van der Waals surface area (Å²) in [6.07, 6.45) is 2.14. The number of hydrogen-bond donors (Lipinski definition) is 3. The predicted molar refractivity (Wildman–Crippen MR) is 115 cm³/mol. The number of amides is 2. The lowest BCUT2D eigenvalue weighted by molar-refractivity contribution is 0.262. The summed E-state index contributed by atoms with van der Waals surface area (Å²) in [5, 5.41) is 13.4. The van der Waals surface area contributed by atoms with E-state index in [1.54, 1.807) is 33.5 Å². The molecule has 1 aliphatic rings. The molecule has 1 aromatic heterocycles. The van der Waals surface area contributed by atoms with Crippen molar-refractivity contribution in [3.05, 3.63) is 48.2 Å². The van der Waals surface area contributed by atoms with Gasteiger partial charge in [-0.15, -0.1) is 0 Å². The highest BCUT2D eigenvalue weighted by atomic mass is 16.5. The van der Waals surface area contributed by atoms with Crippen molar-refractivity contribution in [3.63, 3.8) is 0 Å². The number of anilines is 2. The molecule has 4 rings (SSSR count). The number of hydrogen-bond acceptors (Lipinski definition) is 5. The number of carbonyl (C=O) groups is 1. The van der Waals surface area contributed by atoms with Crippen LogP contribution in [-0.2, 0) is 0 Å². The molecule has 1 heterocycles. The molecule has 3 aromatic rings. The van der Waals surface area contributed by atoms with Gasteiger partial charge in [0.1, 0.15) is 11.4 Å². The molecule has 30 heavy (non-hydrogen) atoms. The highest BCUT2D eigenvalue weighted by molar-refractivity contribution is 6.02. The quantitative estimate of drug-likeness (QED) is 0.530. The van der Waals surface area contributed by atoms with Crippen LogP contribution >= 0.6 is 0 Å². The van der Waals surface area contributed by atoms with Crippen molar-refractivity contribution >= 4 is 17.4 Å². The van der Waals surface area contributed by atoms with Crippen molar-refractivity contribution < 1.29 is 19.0 Å². The van der Waals surface area contributed by atoms with E-state index >= 15 is 0 Å². The fourth-order valence-electron chi connectivity index (χ4n) is 3.32. The Bertz CT molecular complexity index is 1060. The van der Waals surface area contributed by atoms with Crippen LogP contribution in [0.5, 0.6) is 17.2 Å². The van der Waals surface area contributed by atoms with Crippen molar-refractivity contribution in [2.75, 3.05) is 32.0 Å². The first-order valence-electron chi connectivity index (χ1n) is 9.65. The molecule has 8 nitrogen and oxygen atoms in total. The number of nitrogens with zero attached hydrogens (tertiary/aromatic N) is 1. The number of aromatic nitrogens is 2. The summed E-state index contributed by atoms with van der Waals surface area (Å²) in [5.41, 5.74) is 3.70. The maximum absolute atomic E-state index is 12.7. The van der Waals surface area contributed by atoms with Gasteiger partial charge in [0.25, 0.3) is 0 Å². The summed E-state index contributed by atoms with van der Waals surface area (Å²) in [6, 6.07) is 12.4. The Morgan fingerprint density at radius 2 is 1.80 bits per heavy atom. The number of ether oxygens (including phenoxy) is 3. The lowest BCUT2D eigenvalue weighted by atomic mass is 10.1. The van der Waals surface area contributed by atoms with Crippen molar-refractivity contribution in [1.29, 1.82) is 0 Å². The second-order valence-electron chi connectivity index (χ2n) is 7.02. The highest BCUT2D eigenvalue weighted by Gasteiger charge is 2.31. The summed E-state index contributed by atoms with van der Waals surface area (Å²) in [7, 11) is 4.76. The molecule has 156 valence electrons. The van der Waals surface area contributed by atoms with Crippen LogP contribution in [0.15, 0.2) is 42.5 Å². The van der Waals surface area contributed by atoms with Crippen molar-refractivity contribution in [2.45, 2.75) is 18.8 Å². The lowest BCUT2D eigenvalue weighted by Crippen LogP contribution is -2.20. The van der Waals surface area contributed by atoms with Crippen molar-refractivity contribution in [3.8, 4) is 28.5 Å². The molecule has 1 aliphatic carbocycles. The summed E-state index contributed by atoms with van der Waals surface area (Å²) in [5.74, 6) is 2.27. The number of methoxy groups -OCH3 is 3. The van der Waals surface area contributed by atoms with Gasteiger partial charge in [0, 0.05) is 23.2 Å². The van der Waals surface area contributed by atoms with E-state index in [0.29, 0.717) is 40.2 Å². The molecule has 0 unspecified atom stereocenters. The first-order valence-corrected chi connectivity index (χ1v) is 9.65. The molecule has 0 atom stereocenters. The summed E-state index contributed by atoms with van der Waals surface area (Å²) in [4.78, 5) is 12.7. The maximum atomic E-state index is 12.7. The fraction of sp³-hybridized carbons (Fsp3) is 0.273. The van der Waals surface area contributed by atoms with Gasteiger partial charge in [0.15, 0.2) is 11.5 Å². The van der Waals surface area contributed by atoms with E-state index in [0.717, 1.165) is 24.1 Å². The van der Waals surface area contributed by atoms with Crippen LogP contribution in [0.1, 0.15) is 24.5 Å². The number of urea groups is 1. The van der Waals surface area contributed by atoms with Gasteiger partial charge in [-0.1, -0.05) is 6.07 Å². The van der Waals surface area contributed by atoms with Gasteiger partial charge in [-0.2, -0.15) is 5.10 Å². The average Bonchev–Trinajstić information content (AvgIpc) is 3.53. The van der Waals surface area contributed by atoms with Crippen LogP contribution in [0.4, 0.5) is 16.2 Å². The Morgan fingerprint density at radius 3 is 2.50 bits per heavy atom. The number of benzene rings is 2. The molecular weight excluding hydrogens is 384 g/mol. The standard InChI is InChI=1S/C22H24N4O4/c1-28-16-6-4-5-15(12-16)23-22(27)24-21-19(13-7-8-13)25-26-20(21)14-9-10-17(29-2)18(11-14)30-3/h4-6,9-13H,7-8H2,1-3H3,(H,25,26)(H2,23,24,27). The Balaban J connectivity index is 1.62. The SMILES string of the molecule is COc1cccc(NC(=O)Nc2c(-c3ccc(OC)c(OC)c3)n[nH]c2C2CC2)c1. The summed E-state index contributed by atoms with van der Waals surface area (Å²) >= 11 is 0. The van der Waals surface area contributed by atoms with E-state index < -0.39 is 0 Å². The van der Waals surface area contributed by atoms with Crippen LogP contribution in [0.25, 0.3) is 11.3 Å². The Morgan fingerprint density at radius 1 is 1.00 bits per heavy atom. The van der Waals surface area contributed by atoms with Gasteiger partial charge >= 0.3 is 6.03 Å². The Kier molecular flexibility index (Phi) is 5.47. The Labute approximate surface area is 174 Å². The first kappa shape index (κ1) is 19.6. The molecule has 8 heteroatoms. The molecule has 0 radical (unpaired) electrons. The normalized spacial score (nSPS) is 12.9. The molecule has 2 aromatic carbocycles. The fourth-order valence-corrected chi connectivity index (χ4v) is 3.32. The first-order chi connectivity index (χ1) is 14.6. The van der Waals surface area contributed by atoms with Gasteiger partial charge in [-0.3, -0.25) is 5.10 Å². The van der Waals surface area contributed by atoms with Gasteiger partial charge in [-0.05, 0) is 43.2 Å². The van der Waals surface area contributed by atoms with Crippen LogP contribution in [0.3, 0.4) is 0 Å². The zero-order chi connectivity index (χ0) is 21.1.